The second kappa shape index (κ2) is 15.7. The Hall–Kier alpha value is -2.49. The first-order valence-electron chi connectivity index (χ1n) is 14.3. The Morgan fingerprint density at radius 3 is 2.39 bits per heavy atom. The number of carbonyl (C=O) groups is 2. The van der Waals surface area contributed by atoms with Crippen LogP contribution in [0.15, 0.2) is 42.5 Å². The van der Waals surface area contributed by atoms with Crippen molar-refractivity contribution in [2.75, 3.05) is 23.7 Å². The van der Waals surface area contributed by atoms with E-state index in [1.807, 2.05) is 13.8 Å². The van der Waals surface area contributed by atoms with Crippen LogP contribution in [0.5, 0.6) is 5.75 Å². The van der Waals surface area contributed by atoms with Crippen LogP contribution < -0.4 is 14.4 Å². The van der Waals surface area contributed by atoms with E-state index in [4.69, 9.17) is 27.9 Å². The van der Waals surface area contributed by atoms with E-state index in [1.165, 1.54) is 10.7 Å². The Kier molecular flexibility index (Phi) is 12.6. The zero-order valence-electron chi connectivity index (χ0n) is 24.1. The van der Waals surface area contributed by atoms with Crippen molar-refractivity contribution in [1.82, 2.24) is 10.2 Å². The van der Waals surface area contributed by atoms with E-state index in [0.29, 0.717) is 34.5 Å². The van der Waals surface area contributed by atoms with E-state index in [9.17, 15) is 18.0 Å². The molecular weight excluding hydrogens is 585 g/mol. The molecule has 2 aromatic carbocycles. The minimum Gasteiger partial charge on any atom is -0.492 e. The first-order chi connectivity index (χ1) is 19.5. The van der Waals surface area contributed by atoms with Crippen LogP contribution in [0.2, 0.25) is 10.0 Å². The predicted molar refractivity (Wildman–Crippen MR) is 165 cm³/mol. The highest BCUT2D eigenvalue weighted by Gasteiger charge is 2.31. The number of rotatable bonds is 14. The standard InChI is InChI=1S/C30H41Cl2N3O5S/c1-4-26(30(37)33-23-12-7-6-8-13-23)34(21-22-17-18-24(31)25(32)20-22)29(36)16-11-19-35(41(3,38)39)27-14-9-10-15-28(27)40-5-2/h9-10,14-15,17-18,20,23,26H,4-8,11-13,16,19,21H2,1-3H3,(H,33,37)/t26-/m0/s1. The number of sulfonamides is 1. The summed E-state index contributed by atoms with van der Waals surface area (Å²) in [6.45, 7) is 4.36. The number of nitrogens with zero attached hydrogens (tertiary/aromatic N) is 2. The van der Waals surface area contributed by atoms with Crippen LogP contribution in [-0.2, 0) is 26.2 Å². The van der Waals surface area contributed by atoms with Crippen molar-refractivity contribution >= 4 is 50.7 Å². The smallest absolute Gasteiger partial charge is 0.243 e. The average molecular weight is 627 g/mol. The number of hydrogen-bond donors (Lipinski definition) is 1. The first kappa shape index (κ1) is 33.0. The Morgan fingerprint density at radius 1 is 1.05 bits per heavy atom. The summed E-state index contributed by atoms with van der Waals surface area (Å²) < 4.78 is 32.4. The van der Waals surface area contributed by atoms with Crippen LogP contribution in [0.1, 0.15) is 70.8 Å². The minimum absolute atomic E-state index is 0.0529. The second-order valence-corrected chi connectivity index (χ2v) is 13.1. The number of benzene rings is 2. The fraction of sp³-hybridized carbons (Fsp3) is 0.533. The number of carbonyl (C=O) groups excluding carboxylic acids is 2. The van der Waals surface area contributed by atoms with Gasteiger partial charge in [0.2, 0.25) is 21.8 Å². The van der Waals surface area contributed by atoms with Gasteiger partial charge in [-0.1, -0.05) is 67.6 Å². The molecule has 1 fully saturated rings. The van der Waals surface area contributed by atoms with Gasteiger partial charge in [-0.05, 0) is 62.4 Å². The lowest BCUT2D eigenvalue weighted by molar-refractivity contribution is -0.141. The second-order valence-electron chi connectivity index (χ2n) is 10.4. The molecule has 11 heteroatoms. The van der Waals surface area contributed by atoms with Gasteiger partial charge in [-0.25, -0.2) is 8.42 Å². The molecular formula is C30H41Cl2N3O5S. The van der Waals surface area contributed by atoms with Crippen LogP contribution in [0, 0.1) is 0 Å². The van der Waals surface area contributed by atoms with Crippen molar-refractivity contribution in [3.05, 3.63) is 58.1 Å². The van der Waals surface area contributed by atoms with E-state index < -0.39 is 16.1 Å². The number of anilines is 1. The number of halogens is 2. The number of nitrogens with one attached hydrogen (secondary N) is 1. The lowest BCUT2D eigenvalue weighted by atomic mass is 9.95. The van der Waals surface area contributed by atoms with Gasteiger partial charge in [0.05, 0.1) is 28.6 Å². The van der Waals surface area contributed by atoms with E-state index in [1.54, 1.807) is 47.4 Å². The maximum absolute atomic E-state index is 13.7. The Morgan fingerprint density at radius 2 is 1.76 bits per heavy atom. The Balaban J connectivity index is 1.80. The third-order valence-corrected chi connectivity index (χ3v) is 9.18. The Bertz CT molecular complexity index is 1280. The first-order valence-corrected chi connectivity index (χ1v) is 16.9. The number of hydrogen-bond acceptors (Lipinski definition) is 5. The molecule has 0 bridgehead atoms. The van der Waals surface area contributed by atoms with Crippen LogP contribution >= 0.6 is 23.2 Å². The molecule has 0 aliphatic heterocycles. The summed E-state index contributed by atoms with van der Waals surface area (Å²) in [6, 6.07) is 11.5. The van der Waals surface area contributed by atoms with Gasteiger partial charge in [-0.15, -0.1) is 0 Å². The van der Waals surface area contributed by atoms with Crippen molar-refractivity contribution < 1.29 is 22.7 Å². The lowest BCUT2D eigenvalue weighted by Gasteiger charge is -2.33. The van der Waals surface area contributed by atoms with Crippen LogP contribution in [0.25, 0.3) is 0 Å². The SMILES string of the molecule is CCOc1ccccc1N(CCCC(=O)N(Cc1ccc(Cl)c(Cl)c1)[C@@H](CC)C(=O)NC1CCCCC1)S(C)(=O)=O. The molecule has 0 saturated heterocycles. The molecule has 0 spiro atoms. The number of amides is 2. The largest absolute Gasteiger partial charge is 0.492 e. The molecule has 41 heavy (non-hydrogen) atoms. The molecule has 8 nitrogen and oxygen atoms in total. The van der Waals surface area contributed by atoms with Crippen molar-refractivity contribution in [2.24, 2.45) is 0 Å². The molecule has 0 heterocycles. The van der Waals surface area contributed by atoms with Gasteiger partial charge < -0.3 is 15.0 Å². The van der Waals surface area contributed by atoms with E-state index in [2.05, 4.69) is 5.32 Å². The van der Waals surface area contributed by atoms with Gasteiger partial charge in [0, 0.05) is 25.6 Å². The lowest BCUT2D eigenvalue weighted by Crippen LogP contribution is -2.51. The predicted octanol–water partition coefficient (Wildman–Crippen LogP) is 6.19. The maximum Gasteiger partial charge on any atom is 0.243 e. The third-order valence-electron chi connectivity index (χ3n) is 7.26. The summed E-state index contributed by atoms with van der Waals surface area (Å²) in [6.07, 6.45) is 7.09. The highest BCUT2D eigenvalue weighted by Crippen LogP contribution is 2.30. The molecule has 1 saturated carbocycles. The van der Waals surface area contributed by atoms with Crippen molar-refractivity contribution in [1.29, 1.82) is 0 Å². The molecule has 1 aliphatic rings. The van der Waals surface area contributed by atoms with Crippen molar-refractivity contribution in [3.8, 4) is 5.75 Å². The number of para-hydroxylation sites is 2. The fourth-order valence-corrected chi connectivity index (χ4v) is 6.51. The van der Waals surface area contributed by atoms with E-state index >= 15 is 0 Å². The van der Waals surface area contributed by atoms with Crippen LogP contribution in [0.4, 0.5) is 5.69 Å². The summed E-state index contributed by atoms with van der Waals surface area (Å²) in [5.41, 5.74) is 1.18. The third kappa shape index (κ3) is 9.51. The molecule has 0 unspecified atom stereocenters. The van der Waals surface area contributed by atoms with Crippen molar-refractivity contribution in [2.45, 2.75) is 83.8 Å². The molecule has 2 amide bonds. The summed E-state index contributed by atoms with van der Waals surface area (Å²) in [5.74, 6) is 0.0444. The zero-order valence-corrected chi connectivity index (χ0v) is 26.4. The topological polar surface area (TPSA) is 96.0 Å². The molecule has 3 rings (SSSR count). The van der Waals surface area contributed by atoms with Gasteiger partial charge in [-0.3, -0.25) is 13.9 Å². The number of ether oxygens (including phenoxy) is 1. The summed E-state index contributed by atoms with van der Waals surface area (Å²) in [5, 5.41) is 3.94. The van der Waals surface area contributed by atoms with Crippen LogP contribution in [-0.4, -0.2) is 56.6 Å². The van der Waals surface area contributed by atoms with Crippen molar-refractivity contribution in [3.63, 3.8) is 0 Å². The van der Waals surface area contributed by atoms with Gasteiger partial charge in [-0.2, -0.15) is 0 Å². The normalized spacial score (nSPS) is 14.8. The van der Waals surface area contributed by atoms with E-state index in [-0.39, 0.29) is 43.8 Å². The summed E-state index contributed by atoms with van der Waals surface area (Å²) in [4.78, 5) is 28.8. The quantitative estimate of drug-likeness (QED) is 0.270. The molecule has 1 aliphatic carbocycles. The van der Waals surface area contributed by atoms with Gasteiger partial charge in [0.25, 0.3) is 0 Å². The minimum atomic E-state index is -3.65. The zero-order chi connectivity index (χ0) is 30.0. The molecule has 1 N–H and O–H groups in total. The summed E-state index contributed by atoms with van der Waals surface area (Å²) >= 11 is 12.4. The monoisotopic (exact) mass is 625 g/mol. The van der Waals surface area contributed by atoms with E-state index in [0.717, 1.165) is 37.5 Å². The highest BCUT2D eigenvalue weighted by molar-refractivity contribution is 7.92. The Labute approximate surface area is 254 Å². The van der Waals surface area contributed by atoms with Crippen LogP contribution in [0.3, 0.4) is 0 Å². The average Bonchev–Trinajstić information content (AvgIpc) is 2.93. The fourth-order valence-electron chi connectivity index (χ4n) is 5.22. The molecule has 0 aromatic heterocycles. The molecule has 226 valence electrons. The van der Waals surface area contributed by atoms with Gasteiger partial charge >= 0.3 is 0 Å². The molecule has 1 atom stereocenters. The van der Waals surface area contributed by atoms with Gasteiger partial charge in [0.15, 0.2) is 0 Å². The molecule has 0 radical (unpaired) electrons. The summed E-state index contributed by atoms with van der Waals surface area (Å²) in [7, 11) is -3.65. The maximum atomic E-state index is 13.7. The molecule has 2 aromatic rings. The highest BCUT2D eigenvalue weighted by atomic mass is 35.5. The van der Waals surface area contributed by atoms with Gasteiger partial charge in [0.1, 0.15) is 11.8 Å².